The molecule has 0 aliphatic rings. The van der Waals surface area contributed by atoms with Crippen LogP contribution in [0.1, 0.15) is 23.0 Å². The highest BCUT2D eigenvalue weighted by atomic mass is 35.5. The number of methoxy groups -OCH3 is 1. The Hall–Kier alpha value is -2.99. The number of hydrogen-bond donors (Lipinski definition) is 2. The van der Waals surface area contributed by atoms with Gasteiger partial charge >= 0.3 is 6.03 Å². The molecule has 0 saturated heterocycles. The molecule has 0 radical (unpaired) electrons. The van der Waals surface area contributed by atoms with Crippen LogP contribution in [0.5, 0.6) is 5.75 Å². The summed E-state index contributed by atoms with van der Waals surface area (Å²) in [5, 5.41) is 6.45. The quantitative estimate of drug-likeness (QED) is 0.681. The summed E-state index contributed by atoms with van der Waals surface area (Å²) in [6, 6.07) is 14.2. The summed E-state index contributed by atoms with van der Waals surface area (Å²) >= 11 is 6.15. The molecule has 6 nitrogen and oxygen atoms in total. The van der Waals surface area contributed by atoms with E-state index in [2.05, 4.69) is 15.6 Å². The lowest BCUT2D eigenvalue weighted by Gasteiger charge is -2.20. The Balaban J connectivity index is 1.78. The van der Waals surface area contributed by atoms with Crippen LogP contribution in [0.2, 0.25) is 5.02 Å². The van der Waals surface area contributed by atoms with E-state index < -0.39 is 6.04 Å². The molecule has 3 rings (SSSR count). The molecule has 1 heterocycles. The second-order valence-corrected chi connectivity index (χ2v) is 6.43. The fraction of sp³-hybridized carbons (Fsp3) is 0.200. The van der Waals surface area contributed by atoms with Crippen LogP contribution in [0, 0.1) is 0 Å². The lowest BCUT2D eigenvalue weighted by molar-refractivity contribution is 0.237. The minimum atomic E-state index is -0.425. The summed E-state index contributed by atoms with van der Waals surface area (Å²) in [4.78, 5) is 16.9. The first-order valence-electron chi connectivity index (χ1n) is 8.47. The maximum atomic E-state index is 12.5. The van der Waals surface area contributed by atoms with Gasteiger partial charge in [0.2, 0.25) is 0 Å². The number of nitrogens with zero attached hydrogens (tertiary/aromatic N) is 2. The van der Waals surface area contributed by atoms with Gasteiger partial charge < -0.3 is 19.9 Å². The summed E-state index contributed by atoms with van der Waals surface area (Å²) in [7, 11) is 3.50. The average molecular weight is 385 g/mol. The lowest BCUT2D eigenvalue weighted by atomic mass is 10.1. The number of urea groups is 1. The second kappa shape index (κ2) is 8.60. The number of nitrogens with one attached hydrogen (secondary N) is 2. The predicted molar refractivity (Wildman–Crippen MR) is 105 cm³/mol. The maximum absolute atomic E-state index is 12.5. The topological polar surface area (TPSA) is 68.2 Å². The van der Waals surface area contributed by atoms with Crippen molar-refractivity contribution in [2.24, 2.45) is 7.05 Å². The van der Waals surface area contributed by atoms with Gasteiger partial charge in [0.25, 0.3) is 0 Å². The van der Waals surface area contributed by atoms with Gasteiger partial charge in [0.05, 0.1) is 7.11 Å². The second-order valence-electron chi connectivity index (χ2n) is 6.02. The maximum Gasteiger partial charge on any atom is 0.315 e. The van der Waals surface area contributed by atoms with Crippen molar-refractivity contribution in [1.82, 2.24) is 20.2 Å². The van der Waals surface area contributed by atoms with E-state index in [9.17, 15) is 4.79 Å². The molecular weight excluding hydrogens is 364 g/mol. The number of carbonyl (C=O) groups excluding carboxylic acids is 1. The van der Waals surface area contributed by atoms with Gasteiger partial charge in [-0.15, -0.1) is 0 Å². The van der Waals surface area contributed by atoms with Crippen molar-refractivity contribution in [3.05, 3.63) is 82.9 Å². The fourth-order valence-electron chi connectivity index (χ4n) is 2.77. The van der Waals surface area contributed by atoms with Crippen molar-refractivity contribution in [3.63, 3.8) is 0 Å². The first-order chi connectivity index (χ1) is 13.1. The van der Waals surface area contributed by atoms with Gasteiger partial charge in [0.15, 0.2) is 0 Å². The van der Waals surface area contributed by atoms with E-state index in [1.807, 2.05) is 60.3 Å². The highest BCUT2D eigenvalue weighted by Gasteiger charge is 2.21. The van der Waals surface area contributed by atoms with E-state index in [1.54, 1.807) is 19.4 Å². The highest BCUT2D eigenvalue weighted by Crippen LogP contribution is 2.24. The SMILES string of the molecule is COc1cccc(C(NC(=O)NCc2ccccc2Cl)c2nccn2C)c1. The Kier molecular flexibility index (Phi) is 5.98. The highest BCUT2D eigenvalue weighted by molar-refractivity contribution is 6.31. The minimum Gasteiger partial charge on any atom is -0.497 e. The molecule has 0 fully saturated rings. The predicted octanol–water partition coefficient (Wildman–Crippen LogP) is 3.67. The van der Waals surface area contributed by atoms with E-state index in [0.717, 1.165) is 17.0 Å². The van der Waals surface area contributed by atoms with E-state index in [4.69, 9.17) is 16.3 Å². The summed E-state index contributed by atoms with van der Waals surface area (Å²) in [6.07, 6.45) is 3.54. The number of aryl methyl sites for hydroxylation is 1. The van der Waals surface area contributed by atoms with Crippen LogP contribution in [-0.2, 0) is 13.6 Å². The van der Waals surface area contributed by atoms with Crippen molar-refractivity contribution >= 4 is 17.6 Å². The van der Waals surface area contributed by atoms with Crippen LogP contribution in [-0.4, -0.2) is 22.7 Å². The first-order valence-corrected chi connectivity index (χ1v) is 8.85. The molecule has 1 unspecified atom stereocenters. The number of rotatable bonds is 6. The lowest BCUT2D eigenvalue weighted by Crippen LogP contribution is -2.39. The zero-order chi connectivity index (χ0) is 19.2. The molecule has 27 heavy (non-hydrogen) atoms. The Labute approximate surface area is 163 Å². The summed E-state index contributed by atoms with van der Waals surface area (Å²) in [6.45, 7) is 0.330. The van der Waals surface area contributed by atoms with Crippen molar-refractivity contribution < 1.29 is 9.53 Å². The number of halogens is 1. The van der Waals surface area contributed by atoms with Crippen molar-refractivity contribution in [1.29, 1.82) is 0 Å². The van der Waals surface area contributed by atoms with Crippen LogP contribution in [0.4, 0.5) is 4.79 Å². The smallest absolute Gasteiger partial charge is 0.315 e. The largest absolute Gasteiger partial charge is 0.497 e. The van der Waals surface area contributed by atoms with Crippen LogP contribution in [0.15, 0.2) is 60.9 Å². The first kappa shape index (κ1) is 18.8. The summed E-state index contributed by atoms with van der Waals surface area (Å²) in [5.74, 6) is 1.43. The molecule has 140 valence electrons. The standard InChI is InChI=1S/C20H21ClN4O2/c1-25-11-10-22-19(25)18(14-7-5-8-16(12-14)27-2)24-20(26)23-13-15-6-3-4-9-17(15)21/h3-12,18H,13H2,1-2H3,(H2,23,24,26). The number of benzene rings is 2. The van der Waals surface area contributed by atoms with Crippen LogP contribution in [0.3, 0.4) is 0 Å². The number of aromatic nitrogens is 2. The number of hydrogen-bond acceptors (Lipinski definition) is 3. The van der Waals surface area contributed by atoms with E-state index in [0.29, 0.717) is 17.3 Å². The Morgan fingerprint density at radius 2 is 2.07 bits per heavy atom. The monoisotopic (exact) mass is 384 g/mol. The fourth-order valence-corrected chi connectivity index (χ4v) is 2.98. The molecule has 0 saturated carbocycles. The zero-order valence-electron chi connectivity index (χ0n) is 15.1. The third-order valence-corrected chi connectivity index (χ3v) is 4.59. The molecule has 7 heteroatoms. The van der Waals surface area contributed by atoms with Gasteiger partial charge in [-0.2, -0.15) is 0 Å². The third-order valence-electron chi connectivity index (χ3n) is 4.22. The zero-order valence-corrected chi connectivity index (χ0v) is 15.9. The number of imidazole rings is 1. The molecule has 3 aromatic rings. The molecule has 0 spiro atoms. The molecule has 1 aromatic heterocycles. The average Bonchev–Trinajstić information content (AvgIpc) is 3.11. The molecule has 2 amide bonds. The van der Waals surface area contributed by atoms with Crippen molar-refractivity contribution in [2.75, 3.05) is 7.11 Å². The van der Waals surface area contributed by atoms with Gasteiger partial charge in [-0.1, -0.05) is 41.9 Å². The number of carbonyl (C=O) groups is 1. The molecular formula is C20H21ClN4O2. The van der Waals surface area contributed by atoms with E-state index >= 15 is 0 Å². The van der Waals surface area contributed by atoms with Gasteiger partial charge in [-0.3, -0.25) is 0 Å². The minimum absolute atomic E-state index is 0.314. The molecule has 2 aromatic carbocycles. The molecule has 1 atom stereocenters. The van der Waals surface area contributed by atoms with Crippen LogP contribution < -0.4 is 15.4 Å². The summed E-state index contributed by atoms with van der Waals surface area (Å²) in [5.41, 5.74) is 1.72. The van der Waals surface area contributed by atoms with Gasteiger partial charge in [0, 0.05) is 31.0 Å². The van der Waals surface area contributed by atoms with E-state index in [-0.39, 0.29) is 6.03 Å². The van der Waals surface area contributed by atoms with Crippen molar-refractivity contribution in [2.45, 2.75) is 12.6 Å². The van der Waals surface area contributed by atoms with Gasteiger partial charge in [-0.25, -0.2) is 9.78 Å². The van der Waals surface area contributed by atoms with Crippen LogP contribution in [0.25, 0.3) is 0 Å². The Bertz CT molecular complexity index is 926. The number of amides is 2. The van der Waals surface area contributed by atoms with Gasteiger partial charge in [0.1, 0.15) is 17.6 Å². The van der Waals surface area contributed by atoms with E-state index in [1.165, 1.54) is 0 Å². The Morgan fingerprint density at radius 3 is 2.78 bits per heavy atom. The molecule has 2 N–H and O–H groups in total. The third kappa shape index (κ3) is 4.60. The van der Waals surface area contributed by atoms with Crippen LogP contribution >= 0.6 is 11.6 Å². The normalized spacial score (nSPS) is 11.7. The van der Waals surface area contributed by atoms with Crippen molar-refractivity contribution in [3.8, 4) is 5.75 Å². The molecule has 0 bridgehead atoms. The summed E-state index contributed by atoms with van der Waals surface area (Å²) < 4.78 is 7.18. The Morgan fingerprint density at radius 1 is 1.26 bits per heavy atom. The molecule has 0 aliphatic carbocycles. The molecule has 0 aliphatic heterocycles. The number of ether oxygens (including phenoxy) is 1. The van der Waals surface area contributed by atoms with Gasteiger partial charge in [-0.05, 0) is 29.3 Å².